The summed E-state index contributed by atoms with van der Waals surface area (Å²) in [5.41, 5.74) is 3.55. The fraction of sp³-hybridized carbons (Fsp3) is 0.182. The molecule has 0 bridgehead atoms. The zero-order chi connectivity index (χ0) is 23.6. The molecule has 2 heterocycles. The standard InChI is InChI=1S/C22H22N6O3S2/c1-13-12-14(2)24-21(23-13)28-33(30,31)17-10-8-16(9-11-17)25-20(29)15(3)32-22-26-18-6-4-5-7-19(18)27-22/h4-12,15H,1-3H3,(H,25,29)(H,26,27)(H,23,24,28). The summed E-state index contributed by atoms with van der Waals surface area (Å²) in [6, 6.07) is 15.3. The van der Waals surface area contributed by atoms with E-state index in [1.807, 2.05) is 24.3 Å². The molecule has 0 aliphatic carbocycles. The van der Waals surface area contributed by atoms with E-state index in [0.29, 0.717) is 22.2 Å². The largest absolute Gasteiger partial charge is 0.333 e. The molecule has 0 aliphatic heterocycles. The molecule has 1 atom stereocenters. The average Bonchev–Trinajstić information content (AvgIpc) is 3.15. The number of carbonyl (C=O) groups is 1. The van der Waals surface area contributed by atoms with Crippen LogP contribution in [0, 0.1) is 13.8 Å². The Morgan fingerprint density at radius 1 is 1.00 bits per heavy atom. The van der Waals surface area contributed by atoms with Crippen LogP contribution in [0.5, 0.6) is 0 Å². The van der Waals surface area contributed by atoms with Gasteiger partial charge in [0.2, 0.25) is 11.9 Å². The zero-order valence-corrected chi connectivity index (χ0v) is 19.8. The molecule has 1 amide bonds. The van der Waals surface area contributed by atoms with Gasteiger partial charge < -0.3 is 10.3 Å². The molecule has 1 unspecified atom stereocenters. The summed E-state index contributed by atoms with van der Waals surface area (Å²) >= 11 is 1.31. The van der Waals surface area contributed by atoms with E-state index in [2.05, 4.69) is 30.0 Å². The number of rotatable bonds is 7. The van der Waals surface area contributed by atoms with Gasteiger partial charge in [0.05, 0.1) is 21.2 Å². The van der Waals surface area contributed by atoms with Crippen molar-refractivity contribution in [2.75, 3.05) is 10.0 Å². The van der Waals surface area contributed by atoms with Crippen molar-refractivity contribution in [3.05, 3.63) is 66.0 Å². The maximum absolute atomic E-state index is 12.7. The highest BCUT2D eigenvalue weighted by Gasteiger charge is 2.19. The SMILES string of the molecule is Cc1cc(C)nc(NS(=O)(=O)c2ccc(NC(=O)C(C)Sc3nc4ccccc4[nH]3)cc2)n1. The third-order valence-corrected chi connectivity index (χ3v) is 6.99. The minimum Gasteiger partial charge on any atom is -0.333 e. The predicted octanol–water partition coefficient (Wildman–Crippen LogP) is 3.89. The predicted molar refractivity (Wildman–Crippen MR) is 129 cm³/mol. The van der Waals surface area contributed by atoms with Crippen LogP contribution in [-0.2, 0) is 14.8 Å². The molecule has 2 aromatic heterocycles. The molecule has 0 aliphatic rings. The van der Waals surface area contributed by atoms with Crippen LogP contribution in [0.15, 0.2) is 64.6 Å². The Morgan fingerprint density at radius 3 is 2.33 bits per heavy atom. The highest BCUT2D eigenvalue weighted by Crippen LogP contribution is 2.24. The molecule has 9 nitrogen and oxygen atoms in total. The molecular formula is C22H22N6O3S2. The Balaban J connectivity index is 1.40. The number of sulfonamides is 1. The summed E-state index contributed by atoms with van der Waals surface area (Å²) in [6.07, 6.45) is 0. The molecule has 2 aromatic carbocycles. The summed E-state index contributed by atoms with van der Waals surface area (Å²) in [4.78, 5) is 28.5. The number of nitrogens with zero attached hydrogens (tertiary/aromatic N) is 3. The highest BCUT2D eigenvalue weighted by atomic mass is 32.2. The van der Waals surface area contributed by atoms with Crippen LogP contribution in [0.3, 0.4) is 0 Å². The van der Waals surface area contributed by atoms with E-state index in [9.17, 15) is 13.2 Å². The number of amides is 1. The Bertz CT molecular complexity index is 1360. The van der Waals surface area contributed by atoms with E-state index in [-0.39, 0.29) is 16.8 Å². The number of aromatic nitrogens is 4. The lowest BCUT2D eigenvalue weighted by Crippen LogP contribution is -2.22. The first-order chi connectivity index (χ1) is 15.7. The van der Waals surface area contributed by atoms with Crippen LogP contribution >= 0.6 is 11.8 Å². The molecule has 3 N–H and O–H groups in total. The van der Waals surface area contributed by atoms with E-state index in [0.717, 1.165) is 11.0 Å². The third kappa shape index (κ3) is 5.49. The quantitative estimate of drug-likeness (QED) is 0.341. The smallest absolute Gasteiger partial charge is 0.264 e. The molecule has 0 fully saturated rings. The summed E-state index contributed by atoms with van der Waals surface area (Å²) in [7, 11) is -3.87. The normalized spacial score (nSPS) is 12.5. The first kappa shape index (κ1) is 22.7. The second kappa shape index (κ2) is 9.20. The number of hydrogen-bond acceptors (Lipinski definition) is 7. The number of thioether (sulfide) groups is 1. The number of carbonyl (C=O) groups excluding carboxylic acids is 1. The first-order valence-corrected chi connectivity index (χ1v) is 12.4. The summed E-state index contributed by atoms with van der Waals surface area (Å²) in [6.45, 7) is 5.30. The van der Waals surface area contributed by atoms with E-state index in [4.69, 9.17) is 0 Å². The van der Waals surface area contributed by atoms with Crippen LogP contribution in [0.25, 0.3) is 11.0 Å². The van der Waals surface area contributed by atoms with Gasteiger partial charge >= 0.3 is 0 Å². The van der Waals surface area contributed by atoms with Gasteiger partial charge in [-0.25, -0.2) is 28.1 Å². The fourth-order valence-corrected chi connectivity index (χ4v) is 4.88. The maximum atomic E-state index is 12.7. The first-order valence-electron chi connectivity index (χ1n) is 10.1. The van der Waals surface area contributed by atoms with Crippen molar-refractivity contribution in [1.82, 2.24) is 19.9 Å². The minimum atomic E-state index is -3.87. The van der Waals surface area contributed by atoms with Crippen LogP contribution < -0.4 is 10.0 Å². The Labute approximate surface area is 195 Å². The number of para-hydroxylation sites is 2. The molecule has 33 heavy (non-hydrogen) atoms. The lowest BCUT2D eigenvalue weighted by molar-refractivity contribution is -0.115. The molecule has 4 aromatic rings. The van der Waals surface area contributed by atoms with Crippen LogP contribution in [-0.4, -0.2) is 39.5 Å². The fourth-order valence-electron chi connectivity index (χ4n) is 3.12. The van der Waals surface area contributed by atoms with Crippen LogP contribution in [0.2, 0.25) is 0 Å². The number of anilines is 2. The molecule has 0 saturated heterocycles. The lowest BCUT2D eigenvalue weighted by Gasteiger charge is -2.12. The molecule has 0 radical (unpaired) electrons. The molecule has 0 saturated carbocycles. The molecule has 11 heteroatoms. The Hall–Kier alpha value is -3.44. The summed E-state index contributed by atoms with van der Waals surface area (Å²) < 4.78 is 27.7. The van der Waals surface area contributed by atoms with Crippen molar-refractivity contribution >= 4 is 50.4 Å². The summed E-state index contributed by atoms with van der Waals surface area (Å²) in [5.74, 6) is -0.209. The maximum Gasteiger partial charge on any atom is 0.264 e. The van der Waals surface area contributed by atoms with Crippen molar-refractivity contribution in [2.24, 2.45) is 0 Å². The number of hydrogen-bond donors (Lipinski definition) is 3. The van der Waals surface area contributed by atoms with Gasteiger partial charge in [-0.15, -0.1) is 0 Å². The zero-order valence-electron chi connectivity index (χ0n) is 18.2. The van der Waals surface area contributed by atoms with Gasteiger partial charge in [0.25, 0.3) is 10.0 Å². The van der Waals surface area contributed by atoms with Crippen LogP contribution in [0.1, 0.15) is 18.3 Å². The van der Waals surface area contributed by atoms with Gasteiger partial charge in [0.15, 0.2) is 5.16 Å². The van der Waals surface area contributed by atoms with Crippen LogP contribution in [0.4, 0.5) is 11.6 Å². The minimum absolute atomic E-state index is 0.0151. The third-order valence-electron chi connectivity index (χ3n) is 4.67. The number of nitrogens with one attached hydrogen (secondary N) is 3. The van der Waals surface area contributed by atoms with Crippen molar-refractivity contribution in [3.63, 3.8) is 0 Å². The van der Waals surface area contributed by atoms with E-state index >= 15 is 0 Å². The molecular weight excluding hydrogens is 460 g/mol. The van der Waals surface area contributed by atoms with E-state index in [1.165, 1.54) is 36.0 Å². The van der Waals surface area contributed by atoms with Gasteiger partial charge in [-0.1, -0.05) is 23.9 Å². The van der Waals surface area contributed by atoms with Crippen molar-refractivity contribution in [1.29, 1.82) is 0 Å². The Kier molecular flexibility index (Phi) is 6.34. The molecule has 170 valence electrons. The highest BCUT2D eigenvalue weighted by molar-refractivity contribution is 8.00. The van der Waals surface area contributed by atoms with Gasteiger partial charge in [0, 0.05) is 17.1 Å². The number of H-pyrrole nitrogens is 1. The number of aromatic amines is 1. The van der Waals surface area contributed by atoms with E-state index < -0.39 is 15.3 Å². The average molecular weight is 483 g/mol. The Morgan fingerprint density at radius 2 is 1.67 bits per heavy atom. The van der Waals surface area contributed by atoms with Crippen molar-refractivity contribution < 1.29 is 13.2 Å². The molecule has 0 spiro atoms. The second-order valence-electron chi connectivity index (χ2n) is 7.41. The second-order valence-corrected chi connectivity index (χ2v) is 10.4. The summed E-state index contributed by atoms with van der Waals surface area (Å²) in [5, 5.41) is 3.03. The number of fused-ring (bicyclic) bond motifs is 1. The van der Waals surface area contributed by atoms with Crippen molar-refractivity contribution in [3.8, 4) is 0 Å². The van der Waals surface area contributed by atoms with Crippen molar-refractivity contribution in [2.45, 2.75) is 36.1 Å². The van der Waals surface area contributed by atoms with Gasteiger partial charge in [-0.05, 0) is 63.2 Å². The number of aryl methyl sites for hydroxylation is 2. The molecule has 4 rings (SSSR count). The van der Waals surface area contributed by atoms with E-state index in [1.54, 1.807) is 26.8 Å². The number of benzene rings is 2. The van der Waals surface area contributed by atoms with Gasteiger partial charge in [0.1, 0.15) is 0 Å². The van der Waals surface area contributed by atoms with Gasteiger partial charge in [-0.2, -0.15) is 0 Å². The van der Waals surface area contributed by atoms with Gasteiger partial charge in [-0.3, -0.25) is 4.79 Å². The monoisotopic (exact) mass is 482 g/mol. The number of imidazole rings is 1. The topological polar surface area (TPSA) is 130 Å². The lowest BCUT2D eigenvalue weighted by atomic mass is 10.3.